The summed E-state index contributed by atoms with van der Waals surface area (Å²) in [6, 6.07) is 18.1. The summed E-state index contributed by atoms with van der Waals surface area (Å²) in [6.45, 7) is 6.65. The van der Waals surface area contributed by atoms with Crippen LogP contribution in [0.15, 0.2) is 66.0 Å². The molecule has 0 radical (unpaired) electrons. The van der Waals surface area contributed by atoms with Crippen molar-refractivity contribution in [1.29, 1.82) is 0 Å². The van der Waals surface area contributed by atoms with Crippen molar-refractivity contribution in [3.8, 4) is 10.4 Å². The van der Waals surface area contributed by atoms with Crippen molar-refractivity contribution >= 4 is 23.4 Å². The topological polar surface area (TPSA) is 75.6 Å². The minimum absolute atomic E-state index is 0.0884. The van der Waals surface area contributed by atoms with Gasteiger partial charge in [0.05, 0.1) is 0 Å². The zero-order chi connectivity index (χ0) is 22.4. The summed E-state index contributed by atoms with van der Waals surface area (Å²) in [4.78, 5) is 24.9. The zero-order valence-electron chi connectivity index (χ0n) is 17.9. The third-order valence-electron chi connectivity index (χ3n) is 4.95. The van der Waals surface area contributed by atoms with Crippen LogP contribution >= 0.6 is 11.3 Å². The Bertz CT molecular complexity index is 1020. The number of hydrogen-bond acceptors (Lipinski definition) is 4. The molecule has 0 bridgehead atoms. The number of nitrogens with one attached hydrogen (secondary N) is 1. The number of alkyl carbamates (subject to hydrolysis) is 1. The first-order valence-corrected chi connectivity index (χ1v) is 11.0. The van der Waals surface area contributed by atoms with E-state index in [0.717, 1.165) is 16.7 Å². The van der Waals surface area contributed by atoms with Crippen LogP contribution in [0.5, 0.6) is 0 Å². The van der Waals surface area contributed by atoms with Gasteiger partial charge in [0.25, 0.3) is 0 Å². The molecule has 0 saturated carbocycles. The highest BCUT2D eigenvalue weighted by Crippen LogP contribution is 2.33. The molecule has 2 N–H and O–H groups in total. The van der Waals surface area contributed by atoms with Crippen LogP contribution in [-0.2, 0) is 28.0 Å². The zero-order valence-corrected chi connectivity index (χ0v) is 18.7. The van der Waals surface area contributed by atoms with Crippen molar-refractivity contribution in [2.45, 2.75) is 45.3 Å². The number of aliphatic carboxylic acids is 1. The van der Waals surface area contributed by atoms with Gasteiger partial charge < -0.3 is 15.2 Å². The van der Waals surface area contributed by atoms with Gasteiger partial charge in [-0.1, -0.05) is 75.4 Å². The van der Waals surface area contributed by atoms with Crippen molar-refractivity contribution in [1.82, 2.24) is 5.32 Å². The van der Waals surface area contributed by atoms with Gasteiger partial charge in [-0.15, -0.1) is 11.3 Å². The minimum atomic E-state index is -1.10. The largest absolute Gasteiger partial charge is 0.480 e. The Kier molecular flexibility index (Phi) is 7.13. The predicted octanol–water partition coefficient (Wildman–Crippen LogP) is 5.63. The van der Waals surface area contributed by atoms with Crippen LogP contribution in [0.1, 0.15) is 37.5 Å². The molecule has 1 aromatic heterocycles. The molecule has 6 heteroatoms. The molecular formula is C25H27NO4S. The van der Waals surface area contributed by atoms with Crippen molar-refractivity contribution in [2.24, 2.45) is 0 Å². The highest BCUT2D eigenvalue weighted by molar-refractivity contribution is 7.13. The molecule has 0 spiro atoms. The fourth-order valence-electron chi connectivity index (χ4n) is 3.03. The van der Waals surface area contributed by atoms with Crippen LogP contribution in [0.3, 0.4) is 0 Å². The molecule has 1 atom stereocenters. The van der Waals surface area contributed by atoms with Gasteiger partial charge in [0, 0.05) is 11.3 Å². The Morgan fingerprint density at radius 3 is 2.29 bits per heavy atom. The maximum atomic E-state index is 12.0. The quantitative estimate of drug-likeness (QED) is 0.502. The number of carbonyl (C=O) groups excluding carboxylic acids is 1. The third kappa shape index (κ3) is 6.43. The van der Waals surface area contributed by atoms with Gasteiger partial charge in [0.15, 0.2) is 0 Å². The second-order valence-corrected chi connectivity index (χ2v) is 9.36. The van der Waals surface area contributed by atoms with E-state index >= 15 is 0 Å². The smallest absolute Gasteiger partial charge is 0.408 e. The molecule has 31 heavy (non-hydrogen) atoms. The Morgan fingerprint density at radius 1 is 1.03 bits per heavy atom. The molecule has 0 aliphatic rings. The highest BCUT2D eigenvalue weighted by Gasteiger charge is 2.21. The minimum Gasteiger partial charge on any atom is -0.480 e. The van der Waals surface area contributed by atoms with Crippen molar-refractivity contribution in [2.75, 3.05) is 0 Å². The maximum Gasteiger partial charge on any atom is 0.408 e. The second kappa shape index (κ2) is 9.79. The molecule has 3 rings (SSSR count). The van der Waals surface area contributed by atoms with Crippen molar-refractivity contribution in [3.05, 3.63) is 82.7 Å². The number of ether oxygens (including phenoxy) is 1. The Morgan fingerprint density at radius 2 is 1.71 bits per heavy atom. The van der Waals surface area contributed by atoms with Gasteiger partial charge >= 0.3 is 12.1 Å². The molecule has 2 aromatic carbocycles. The number of hydrogen-bond donors (Lipinski definition) is 2. The summed E-state index contributed by atoms with van der Waals surface area (Å²) in [5.41, 5.74) is 4.15. The molecule has 0 aliphatic carbocycles. The fourth-order valence-corrected chi connectivity index (χ4v) is 4.17. The molecule has 0 fully saturated rings. The summed E-state index contributed by atoms with van der Waals surface area (Å²) in [6.07, 6.45) is -0.575. The summed E-state index contributed by atoms with van der Waals surface area (Å²) >= 11 is 1.70. The van der Waals surface area contributed by atoms with E-state index < -0.39 is 18.1 Å². The first kappa shape index (κ1) is 22.6. The molecule has 0 saturated heterocycles. The van der Waals surface area contributed by atoms with Crippen LogP contribution in [-0.4, -0.2) is 23.2 Å². The number of amides is 1. The standard InChI is InChI=1S/C25H27NO4S/c1-25(2,3)20-14-22(31-16-20)19-11-9-17(10-12-19)13-21(23(27)28)26-24(29)30-15-18-7-5-4-6-8-18/h4-12,14,16,21H,13,15H2,1-3H3,(H,26,29)(H,27,28). The van der Waals surface area contributed by atoms with E-state index in [9.17, 15) is 14.7 Å². The molecule has 3 aromatic rings. The molecule has 5 nitrogen and oxygen atoms in total. The van der Waals surface area contributed by atoms with E-state index in [0.29, 0.717) is 0 Å². The van der Waals surface area contributed by atoms with Gasteiger partial charge in [-0.25, -0.2) is 9.59 Å². The number of thiophene rings is 1. The Balaban J connectivity index is 1.60. The van der Waals surface area contributed by atoms with Crippen molar-refractivity contribution < 1.29 is 19.4 Å². The maximum absolute atomic E-state index is 12.0. The number of carboxylic acids is 1. The second-order valence-electron chi connectivity index (χ2n) is 8.45. The van der Waals surface area contributed by atoms with Crippen molar-refractivity contribution in [3.63, 3.8) is 0 Å². The number of benzene rings is 2. The lowest BCUT2D eigenvalue weighted by atomic mass is 9.89. The summed E-state index contributed by atoms with van der Waals surface area (Å²) in [5, 5.41) is 14.1. The number of rotatable bonds is 7. The normalized spacial score (nSPS) is 12.2. The van der Waals surface area contributed by atoms with Gasteiger partial charge in [0.1, 0.15) is 12.6 Å². The van der Waals surface area contributed by atoms with Crippen LogP contribution in [0.25, 0.3) is 10.4 Å². The third-order valence-corrected chi connectivity index (χ3v) is 5.93. The lowest BCUT2D eigenvalue weighted by Crippen LogP contribution is -2.42. The van der Waals surface area contributed by atoms with E-state index in [1.54, 1.807) is 11.3 Å². The SMILES string of the molecule is CC(C)(C)c1csc(-c2ccc(CC(NC(=O)OCc3ccccc3)C(=O)O)cc2)c1. The van der Waals surface area contributed by atoms with Gasteiger partial charge in [0.2, 0.25) is 0 Å². The summed E-state index contributed by atoms with van der Waals surface area (Å²) in [5.74, 6) is -1.10. The molecule has 162 valence electrons. The highest BCUT2D eigenvalue weighted by atomic mass is 32.1. The molecule has 1 unspecified atom stereocenters. The molecule has 1 heterocycles. The monoisotopic (exact) mass is 437 g/mol. The average Bonchev–Trinajstić information content (AvgIpc) is 3.24. The van der Waals surface area contributed by atoms with E-state index in [2.05, 4.69) is 37.5 Å². The number of carbonyl (C=O) groups is 2. The van der Waals surface area contributed by atoms with Crippen LogP contribution < -0.4 is 5.32 Å². The van der Waals surface area contributed by atoms with Crippen LogP contribution in [0, 0.1) is 0 Å². The Labute approximate surface area is 186 Å². The van der Waals surface area contributed by atoms with Gasteiger partial charge in [-0.05, 0) is 39.1 Å². The first-order valence-electron chi connectivity index (χ1n) is 10.1. The van der Waals surface area contributed by atoms with E-state index in [-0.39, 0.29) is 18.4 Å². The lowest BCUT2D eigenvalue weighted by Gasteiger charge is -2.16. The molecular weight excluding hydrogens is 410 g/mol. The van der Waals surface area contributed by atoms with E-state index in [1.807, 2.05) is 54.6 Å². The lowest BCUT2D eigenvalue weighted by molar-refractivity contribution is -0.139. The van der Waals surface area contributed by atoms with E-state index in [4.69, 9.17) is 4.74 Å². The summed E-state index contributed by atoms with van der Waals surface area (Å²) in [7, 11) is 0. The fraction of sp³-hybridized carbons (Fsp3) is 0.280. The Hall–Kier alpha value is -3.12. The molecule has 1 amide bonds. The van der Waals surface area contributed by atoms with Gasteiger partial charge in [-0.3, -0.25) is 0 Å². The average molecular weight is 438 g/mol. The van der Waals surface area contributed by atoms with Crippen LogP contribution in [0.4, 0.5) is 4.79 Å². The summed E-state index contributed by atoms with van der Waals surface area (Å²) < 4.78 is 5.14. The molecule has 0 aliphatic heterocycles. The predicted molar refractivity (Wildman–Crippen MR) is 123 cm³/mol. The van der Waals surface area contributed by atoms with Gasteiger partial charge in [-0.2, -0.15) is 0 Å². The number of carboxylic acid groups (broad SMARTS) is 1. The first-order chi connectivity index (χ1) is 14.7. The van der Waals surface area contributed by atoms with E-state index in [1.165, 1.54) is 10.4 Å². The van der Waals surface area contributed by atoms with Crippen LogP contribution in [0.2, 0.25) is 0 Å².